The minimum atomic E-state index is -0.542. The Morgan fingerprint density at radius 3 is 1.70 bits per heavy atom. The Labute approximate surface area is 290 Å². The van der Waals surface area contributed by atoms with Gasteiger partial charge in [0.2, 0.25) is 18.2 Å². The third-order valence-electron chi connectivity index (χ3n) is 5.03. The van der Waals surface area contributed by atoms with Crippen LogP contribution in [0.5, 0.6) is 0 Å². The number of amides is 3. The molecule has 1 rings (SSSR count). The Hall–Kier alpha value is -3.24. The highest BCUT2D eigenvalue weighted by Crippen LogP contribution is 2.03. The van der Waals surface area contributed by atoms with Gasteiger partial charge in [-0.05, 0) is 77.1 Å². The van der Waals surface area contributed by atoms with E-state index in [9.17, 15) is 24.0 Å². The van der Waals surface area contributed by atoms with Gasteiger partial charge in [-0.25, -0.2) is 0 Å². The summed E-state index contributed by atoms with van der Waals surface area (Å²) in [7, 11) is 3.44. The largest absolute Gasteiger partial charge is 0.379 e. The zero-order valence-corrected chi connectivity index (χ0v) is 31.4. The summed E-state index contributed by atoms with van der Waals surface area (Å²) in [5.41, 5.74) is 6.27. The minimum absolute atomic E-state index is 0.0187. The number of hydrogen-bond acceptors (Lipinski definition) is 9. The molecule has 0 aliphatic carbocycles. The fraction of sp³-hybridized carbons (Fsp3) is 0.629. The molecule has 0 bridgehead atoms. The molecule has 1 aromatic carbocycles. The quantitative estimate of drug-likeness (QED) is 0.130. The van der Waals surface area contributed by atoms with Crippen molar-refractivity contribution >= 4 is 42.6 Å². The molecule has 3 amide bonds. The Morgan fingerprint density at radius 1 is 0.957 bits per heavy atom. The number of benzene rings is 1. The third-order valence-corrected chi connectivity index (χ3v) is 5.68. The van der Waals surface area contributed by atoms with E-state index < -0.39 is 6.04 Å². The van der Waals surface area contributed by atoms with Crippen LogP contribution in [0, 0.1) is 18.8 Å². The Balaban J connectivity index is -0.000000171. The maximum absolute atomic E-state index is 11.6. The number of unbranched alkanes of at least 4 members (excludes halogenated alkanes) is 1. The van der Waals surface area contributed by atoms with Gasteiger partial charge in [-0.1, -0.05) is 64.4 Å². The average Bonchev–Trinajstić information content (AvgIpc) is 3.05. The van der Waals surface area contributed by atoms with Crippen molar-refractivity contribution in [2.45, 2.75) is 91.8 Å². The molecule has 272 valence electrons. The Bertz CT molecular complexity index is 875. The number of thioether (sulfide) groups is 1. The monoisotopic (exact) mass is 683 g/mol. The van der Waals surface area contributed by atoms with Crippen molar-refractivity contribution in [1.82, 2.24) is 21.3 Å². The lowest BCUT2D eigenvalue weighted by Gasteiger charge is -2.15. The standard InChI is InChI=1S/C12H16N2O2.C8H14N2O3S.C5H12O.C4H11N.C4H10.C2H2/c1-13-11(12(16)14-7-8-15)9-10-5-3-2-4-6-10;1-14-5-2-7(10-6-12)8(13)9-3-4-11;1-5(2,3)6-4;1-2-3-4-5;1-4(2)3;1-2/h2-6,8,11,13H,7,9H2,1H3,(H,14,16);4,6-7H,2-3,5H2,1H3,(H,9,13)(H,10,12);1-4H3;2-5H2,1H3;4H,1-3H3;1-2H. The number of methoxy groups -OCH3 is 1. The number of terminal acetylenes is 1. The highest BCUT2D eigenvalue weighted by Gasteiger charge is 2.16. The van der Waals surface area contributed by atoms with E-state index in [1.54, 1.807) is 25.9 Å². The van der Waals surface area contributed by atoms with Crippen LogP contribution in [0.2, 0.25) is 0 Å². The second-order valence-electron chi connectivity index (χ2n) is 11.2. The summed E-state index contributed by atoms with van der Waals surface area (Å²) in [5.74, 6) is 1.14. The van der Waals surface area contributed by atoms with Crippen LogP contribution in [0.1, 0.15) is 73.3 Å². The van der Waals surface area contributed by atoms with Gasteiger partial charge in [0.05, 0.1) is 24.7 Å². The lowest BCUT2D eigenvalue weighted by molar-refractivity contribution is -0.126. The van der Waals surface area contributed by atoms with E-state index in [0.717, 1.165) is 23.8 Å². The number of likely N-dealkylation sites (N-methyl/N-ethyl adjacent to an activating group) is 1. The molecule has 0 heterocycles. The maximum atomic E-state index is 11.6. The van der Waals surface area contributed by atoms with Crippen molar-refractivity contribution in [3.8, 4) is 12.8 Å². The normalized spacial score (nSPS) is 10.7. The molecule has 1 aromatic rings. The second-order valence-corrected chi connectivity index (χ2v) is 12.1. The zero-order chi connectivity index (χ0) is 37.5. The van der Waals surface area contributed by atoms with E-state index >= 15 is 0 Å². The Kier molecular flexibility index (Phi) is 46.2. The van der Waals surface area contributed by atoms with Gasteiger partial charge in [0, 0.05) is 7.11 Å². The molecule has 47 heavy (non-hydrogen) atoms. The van der Waals surface area contributed by atoms with Crippen LogP contribution in [0.4, 0.5) is 0 Å². The summed E-state index contributed by atoms with van der Waals surface area (Å²) in [6.45, 7) is 15.6. The van der Waals surface area contributed by atoms with E-state index in [4.69, 9.17) is 10.5 Å². The number of carbonyl (C=O) groups is 5. The van der Waals surface area contributed by atoms with Crippen LogP contribution in [0.25, 0.3) is 0 Å². The molecule has 0 saturated heterocycles. The number of rotatable bonds is 16. The SMILES string of the molecule is C#C.CC(C)C.CCCCN.CNC(Cc1ccccc1)C(=O)NCC=O.COC(C)(C)C.CSCCC(NC=O)C(=O)NCC=O. The lowest BCUT2D eigenvalue weighted by Crippen LogP contribution is -2.44. The van der Waals surface area contributed by atoms with Gasteiger partial charge in [0.15, 0.2) is 0 Å². The number of nitrogens with two attached hydrogens (primary N) is 1. The summed E-state index contributed by atoms with van der Waals surface area (Å²) in [4.78, 5) is 53.2. The van der Waals surface area contributed by atoms with Gasteiger partial charge in [-0.2, -0.15) is 11.8 Å². The molecule has 11 nitrogen and oxygen atoms in total. The molecular formula is C35H65N5O6S. The number of carbonyl (C=O) groups excluding carboxylic acids is 5. The summed E-state index contributed by atoms with van der Waals surface area (Å²) in [6.07, 6.45) is 15.2. The molecule has 0 fully saturated rings. The van der Waals surface area contributed by atoms with Crippen molar-refractivity contribution in [2.75, 3.05) is 45.8 Å². The van der Waals surface area contributed by atoms with Crippen LogP contribution in [0.3, 0.4) is 0 Å². The molecule has 0 aliphatic rings. The molecule has 0 radical (unpaired) electrons. The molecular weight excluding hydrogens is 618 g/mol. The maximum Gasteiger partial charge on any atom is 0.242 e. The van der Waals surface area contributed by atoms with Crippen molar-refractivity contribution in [1.29, 1.82) is 0 Å². The first kappa shape index (κ1) is 53.3. The molecule has 0 spiro atoms. The van der Waals surface area contributed by atoms with Crippen molar-refractivity contribution in [3.05, 3.63) is 35.9 Å². The van der Waals surface area contributed by atoms with Crippen molar-refractivity contribution in [2.24, 2.45) is 11.7 Å². The first-order valence-corrected chi connectivity index (χ1v) is 17.0. The van der Waals surface area contributed by atoms with E-state index in [0.29, 0.717) is 31.8 Å². The third kappa shape index (κ3) is 47.3. The highest BCUT2D eigenvalue weighted by molar-refractivity contribution is 7.98. The van der Waals surface area contributed by atoms with Gasteiger partial charge < -0.3 is 41.3 Å². The first-order chi connectivity index (χ1) is 22.2. The minimum Gasteiger partial charge on any atom is -0.379 e. The molecule has 6 N–H and O–H groups in total. The molecule has 0 aliphatic heterocycles. The fourth-order valence-electron chi connectivity index (χ4n) is 2.52. The fourth-order valence-corrected chi connectivity index (χ4v) is 2.99. The van der Waals surface area contributed by atoms with Gasteiger partial charge in [0.25, 0.3) is 0 Å². The summed E-state index contributed by atoms with van der Waals surface area (Å²) in [6, 6.07) is 8.90. The summed E-state index contributed by atoms with van der Waals surface area (Å²) >= 11 is 1.59. The van der Waals surface area contributed by atoms with Crippen LogP contribution in [-0.2, 0) is 35.1 Å². The number of nitrogens with one attached hydrogen (secondary N) is 4. The van der Waals surface area contributed by atoms with Crippen LogP contribution < -0.4 is 27.0 Å². The Morgan fingerprint density at radius 2 is 1.40 bits per heavy atom. The van der Waals surface area contributed by atoms with Crippen molar-refractivity contribution < 1.29 is 28.7 Å². The van der Waals surface area contributed by atoms with E-state index in [-0.39, 0.29) is 36.5 Å². The van der Waals surface area contributed by atoms with Crippen LogP contribution >= 0.6 is 11.8 Å². The first-order valence-electron chi connectivity index (χ1n) is 15.7. The van der Waals surface area contributed by atoms with E-state index in [2.05, 4.69) is 61.8 Å². The number of ether oxygens (including phenoxy) is 1. The van der Waals surface area contributed by atoms with E-state index in [1.807, 2.05) is 57.4 Å². The predicted octanol–water partition coefficient (Wildman–Crippen LogP) is 3.39. The van der Waals surface area contributed by atoms with Gasteiger partial charge in [0.1, 0.15) is 18.6 Å². The van der Waals surface area contributed by atoms with Gasteiger partial charge in [-0.15, -0.1) is 12.8 Å². The molecule has 2 unspecified atom stereocenters. The molecule has 2 atom stereocenters. The summed E-state index contributed by atoms with van der Waals surface area (Å²) in [5, 5.41) is 10.3. The second kappa shape index (κ2) is 40.8. The lowest BCUT2D eigenvalue weighted by atomic mass is 10.1. The molecule has 12 heteroatoms. The zero-order valence-electron chi connectivity index (χ0n) is 30.6. The van der Waals surface area contributed by atoms with Crippen LogP contribution in [-0.4, -0.2) is 94.3 Å². The van der Waals surface area contributed by atoms with Gasteiger partial charge in [-0.3, -0.25) is 14.4 Å². The molecule has 0 saturated carbocycles. The average molecular weight is 684 g/mol. The van der Waals surface area contributed by atoms with Crippen molar-refractivity contribution in [3.63, 3.8) is 0 Å². The van der Waals surface area contributed by atoms with Crippen LogP contribution in [0.15, 0.2) is 30.3 Å². The smallest absolute Gasteiger partial charge is 0.242 e. The predicted molar refractivity (Wildman–Crippen MR) is 198 cm³/mol. The topological polar surface area (TPSA) is 169 Å². The number of aldehydes is 2. The summed E-state index contributed by atoms with van der Waals surface area (Å²) < 4.78 is 4.94. The van der Waals surface area contributed by atoms with Gasteiger partial charge >= 0.3 is 0 Å². The number of hydrogen-bond donors (Lipinski definition) is 5. The molecule has 0 aromatic heterocycles. The highest BCUT2D eigenvalue weighted by atomic mass is 32.2. The van der Waals surface area contributed by atoms with E-state index in [1.165, 1.54) is 12.8 Å².